The Morgan fingerprint density at radius 3 is 2.62 bits per heavy atom. The van der Waals surface area contributed by atoms with E-state index in [1.807, 2.05) is 0 Å². The summed E-state index contributed by atoms with van der Waals surface area (Å²) >= 11 is 0.709. The Morgan fingerprint density at radius 1 is 1.48 bits per heavy atom. The fourth-order valence-corrected chi connectivity index (χ4v) is 2.31. The molecule has 11 heteroatoms. The predicted molar refractivity (Wildman–Crippen MR) is 68.2 cm³/mol. The highest BCUT2D eigenvalue weighted by Gasteiger charge is 2.33. The normalized spacial score (nSPS) is 11.6. The Balaban J connectivity index is 2.51. The Morgan fingerprint density at radius 2 is 2.14 bits per heavy atom. The van der Waals surface area contributed by atoms with Crippen molar-refractivity contribution in [2.45, 2.75) is 16.4 Å². The fourth-order valence-electron chi connectivity index (χ4n) is 1.39. The van der Waals surface area contributed by atoms with Gasteiger partial charge in [-0.15, -0.1) is 5.10 Å². The first-order chi connectivity index (χ1) is 9.70. The van der Waals surface area contributed by atoms with Gasteiger partial charge in [0.05, 0.1) is 0 Å². The van der Waals surface area contributed by atoms with Gasteiger partial charge in [-0.05, 0) is 23.9 Å². The molecule has 0 atom stereocenters. The molecular formula is C10H9F3N6OS. The molecular weight excluding hydrogens is 309 g/mol. The number of nitrogens with one attached hydrogen (secondary N) is 2. The van der Waals surface area contributed by atoms with E-state index in [1.54, 1.807) is 0 Å². The van der Waals surface area contributed by atoms with Gasteiger partial charge in [-0.3, -0.25) is 9.98 Å². The van der Waals surface area contributed by atoms with Crippen molar-refractivity contribution >= 4 is 17.6 Å². The van der Waals surface area contributed by atoms with Crippen LogP contribution in [0, 0.1) is 5.41 Å². The number of nitrogens with zero attached hydrogens (tertiary/aromatic N) is 3. The van der Waals surface area contributed by atoms with Crippen LogP contribution >= 0.6 is 11.8 Å². The minimum Gasteiger partial charge on any atom is -0.384 e. The van der Waals surface area contributed by atoms with Crippen molar-refractivity contribution in [2.24, 2.45) is 12.8 Å². The minimum absolute atomic E-state index is 0.0310. The molecule has 21 heavy (non-hydrogen) atoms. The van der Waals surface area contributed by atoms with E-state index in [1.165, 1.54) is 7.05 Å². The summed E-state index contributed by atoms with van der Waals surface area (Å²) in [6.07, 6.45) is -4.62. The first kappa shape index (κ1) is 15.1. The Hall–Kier alpha value is -2.30. The van der Waals surface area contributed by atoms with E-state index in [0.29, 0.717) is 11.8 Å². The van der Waals surface area contributed by atoms with Crippen LogP contribution in [0.3, 0.4) is 0 Å². The van der Waals surface area contributed by atoms with Gasteiger partial charge in [-0.25, -0.2) is 14.9 Å². The van der Waals surface area contributed by atoms with Crippen molar-refractivity contribution in [3.05, 3.63) is 33.9 Å². The number of aromatic nitrogens is 4. The van der Waals surface area contributed by atoms with E-state index in [4.69, 9.17) is 11.1 Å². The van der Waals surface area contributed by atoms with Crippen molar-refractivity contribution in [1.82, 2.24) is 19.7 Å². The molecule has 2 aromatic rings. The molecule has 0 radical (unpaired) electrons. The Kier molecular flexibility index (Phi) is 3.77. The number of aromatic amines is 1. The molecule has 2 aromatic heterocycles. The van der Waals surface area contributed by atoms with Gasteiger partial charge in [0, 0.05) is 12.6 Å². The second-order valence-corrected chi connectivity index (χ2v) is 4.89. The molecule has 0 saturated carbocycles. The first-order valence-corrected chi connectivity index (χ1v) is 6.23. The average molecular weight is 318 g/mol. The van der Waals surface area contributed by atoms with Crippen LogP contribution in [0.4, 0.5) is 13.2 Å². The molecule has 0 fully saturated rings. The van der Waals surface area contributed by atoms with E-state index in [2.05, 4.69) is 15.2 Å². The molecule has 7 nitrogen and oxygen atoms in total. The van der Waals surface area contributed by atoms with E-state index < -0.39 is 23.4 Å². The number of nitrogens with two attached hydrogens (primary N) is 1. The van der Waals surface area contributed by atoms with Gasteiger partial charge in [0.2, 0.25) is 0 Å². The maximum atomic E-state index is 12.7. The van der Waals surface area contributed by atoms with Crippen LogP contribution in [0.15, 0.2) is 27.1 Å². The summed E-state index contributed by atoms with van der Waals surface area (Å²) in [5.41, 5.74) is 3.72. The molecule has 0 amide bonds. The maximum Gasteiger partial charge on any atom is 0.433 e. The zero-order valence-electron chi connectivity index (χ0n) is 10.5. The SMILES string of the molecule is Cn1c(Sc2nc(C(F)(F)F)ccc2C(=N)N)n[nH]c1=O. The summed E-state index contributed by atoms with van der Waals surface area (Å²) in [6, 6.07) is 1.80. The number of hydrogen-bond donors (Lipinski definition) is 3. The lowest BCUT2D eigenvalue weighted by Gasteiger charge is -2.10. The number of halogens is 3. The minimum atomic E-state index is -4.62. The van der Waals surface area contributed by atoms with Crippen LogP contribution < -0.4 is 11.4 Å². The third-order valence-corrected chi connectivity index (χ3v) is 3.52. The summed E-state index contributed by atoms with van der Waals surface area (Å²) in [5, 5.41) is 13.1. The maximum absolute atomic E-state index is 12.7. The summed E-state index contributed by atoms with van der Waals surface area (Å²) in [6.45, 7) is 0. The van der Waals surface area contributed by atoms with Gasteiger partial charge in [-0.2, -0.15) is 13.2 Å². The molecule has 0 saturated heterocycles. The van der Waals surface area contributed by atoms with Crippen LogP contribution in [0.2, 0.25) is 0 Å². The molecule has 0 unspecified atom stereocenters. The Bertz CT molecular complexity index is 750. The number of rotatable bonds is 3. The largest absolute Gasteiger partial charge is 0.433 e. The molecule has 0 aliphatic rings. The van der Waals surface area contributed by atoms with Gasteiger partial charge in [0.15, 0.2) is 5.16 Å². The zero-order valence-corrected chi connectivity index (χ0v) is 11.3. The molecule has 4 N–H and O–H groups in total. The highest BCUT2D eigenvalue weighted by atomic mass is 32.2. The van der Waals surface area contributed by atoms with Crippen molar-refractivity contribution in [3.8, 4) is 0 Å². The van der Waals surface area contributed by atoms with Crippen molar-refractivity contribution in [1.29, 1.82) is 5.41 Å². The molecule has 112 valence electrons. The van der Waals surface area contributed by atoms with Gasteiger partial charge in [0.25, 0.3) is 0 Å². The van der Waals surface area contributed by atoms with Crippen LogP contribution in [-0.4, -0.2) is 25.6 Å². The van der Waals surface area contributed by atoms with E-state index >= 15 is 0 Å². The number of H-pyrrole nitrogens is 1. The number of nitrogen functional groups attached to an aromatic ring is 1. The van der Waals surface area contributed by atoms with Crippen molar-refractivity contribution in [3.63, 3.8) is 0 Å². The van der Waals surface area contributed by atoms with Gasteiger partial charge < -0.3 is 5.73 Å². The number of pyridine rings is 1. The molecule has 0 spiro atoms. The lowest BCUT2D eigenvalue weighted by molar-refractivity contribution is -0.141. The number of amidine groups is 1. The Labute approximate surface area is 119 Å². The van der Waals surface area contributed by atoms with Crippen LogP contribution in [0.25, 0.3) is 0 Å². The fraction of sp³-hybridized carbons (Fsp3) is 0.200. The standard InChI is InChI=1S/C10H9F3N6OS/c1-19-8(20)17-18-9(19)21-7-4(6(14)15)2-3-5(16-7)10(11,12)13/h2-3H,1H3,(H3,14,15)(H,17,20). The summed E-state index contributed by atoms with van der Waals surface area (Å²) < 4.78 is 39.2. The molecule has 0 aliphatic heterocycles. The number of hydrogen-bond acceptors (Lipinski definition) is 5. The highest BCUT2D eigenvalue weighted by Crippen LogP contribution is 2.32. The average Bonchev–Trinajstić information content (AvgIpc) is 2.69. The van der Waals surface area contributed by atoms with Crippen LogP contribution in [0.1, 0.15) is 11.3 Å². The van der Waals surface area contributed by atoms with Gasteiger partial charge in [0.1, 0.15) is 16.6 Å². The van der Waals surface area contributed by atoms with Crippen molar-refractivity contribution in [2.75, 3.05) is 0 Å². The van der Waals surface area contributed by atoms with Gasteiger partial charge in [-0.1, -0.05) is 0 Å². The lowest BCUT2D eigenvalue weighted by Crippen LogP contribution is -2.16. The topological polar surface area (TPSA) is 113 Å². The van der Waals surface area contributed by atoms with Crippen molar-refractivity contribution < 1.29 is 13.2 Å². The second kappa shape index (κ2) is 5.24. The zero-order chi connectivity index (χ0) is 15.8. The molecule has 0 bridgehead atoms. The number of alkyl halides is 3. The third-order valence-electron chi connectivity index (χ3n) is 2.47. The smallest absolute Gasteiger partial charge is 0.384 e. The predicted octanol–water partition coefficient (Wildman–Crippen LogP) is 0.957. The molecule has 2 heterocycles. The highest BCUT2D eigenvalue weighted by molar-refractivity contribution is 7.99. The summed E-state index contributed by atoms with van der Waals surface area (Å²) in [4.78, 5) is 14.7. The molecule has 0 aromatic carbocycles. The van der Waals surface area contributed by atoms with Gasteiger partial charge >= 0.3 is 11.9 Å². The monoisotopic (exact) mass is 318 g/mol. The quantitative estimate of drug-likeness (QED) is 0.576. The second-order valence-electron chi connectivity index (χ2n) is 3.93. The van der Waals surface area contributed by atoms with Crippen LogP contribution in [-0.2, 0) is 13.2 Å². The molecule has 2 rings (SSSR count). The third kappa shape index (κ3) is 3.07. The lowest BCUT2D eigenvalue weighted by atomic mass is 10.2. The van der Waals surface area contributed by atoms with E-state index in [9.17, 15) is 18.0 Å². The van der Waals surface area contributed by atoms with Crippen LogP contribution in [0.5, 0.6) is 0 Å². The first-order valence-electron chi connectivity index (χ1n) is 5.42. The van der Waals surface area contributed by atoms with E-state index in [-0.39, 0.29) is 15.7 Å². The molecule has 0 aliphatic carbocycles. The van der Waals surface area contributed by atoms with E-state index in [0.717, 1.165) is 16.7 Å². The summed E-state index contributed by atoms with van der Waals surface area (Å²) in [5.74, 6) is -0.431. The summed E-state index contributed by atoms with van der Waals surface area (Å²) in [7, 11) is 1.40.